The average Bonchev–Trinajstić information content (AvgIpc) is 2.78. The first-order chi connectivity index (χ1) is 9.63. The third kappa shape index (κ3) is 2.08. The minimum atomic E-state index is -1.05. The van der Waals surface area contributed by atoms with E-state index in [2.05, 4.69) is 0 Å². The molecular weight excluding hydrogens is 255 g/mol. The summed E-state index contributed by atoms with van der Waals surface area (Å²) in [5, 5.41) is 11.0. The predicted molar refractivity (Wildman–Crippen MR) is 75.3 cm³/mol. The Balaban J connectivity index is 2.04. The van der Waals surface area contributed by atoms with Gasteiger partial charge in [-0.3, -0.25) is 0 Å². The second-order valence-corrected chi connectivity index (χ2v) is 5.12. The van der Waals surface area contributed by atoms with Crippen molar-refractivity contribution in [2.75, 3.05) is 6.61 Å². The topological polar surface area (TPSA) is 29.5 Å². The van der Waals surface area contributed by atoms with Crippen molar-refractivity contribution in [1.29, 1.82) is 0 Å². The van der Waals surface area contributed by atoms with Crippen molar-refractivity contribution >= 4 is 0 Å². The molecule has 0 aromatic heterocycles. The Labute approximate surface area is 117 Å². The van der Waals surface area contributed by atoms with Crippen LogP contribution in [0, 0.1) is 5.82 Å². The van der Waals surface area contributed by atoms with Gasteiger partial charge in [-0.1, -0.05) is 18.2 Å². The molecule has 0 saturated carbocycles. The van der Waals surface area contributed by atoms with Crippen LogP contribution in [-0.2, 0) is 12.0 Å². The molecule has 1 N–H and O–H groups in total. The summed E-state index contributed by atoms with van der Waals surface area (Å²) in [6.07, 6.45) is 1.25. The van der Waals surface area contributed by atoms with E-state index in [0.717, 1.165) is 22.4 Å². The van der Waals surface area contributed by atoms with E-state index < -0.39 is 5.60 Å². The molecular formula is C17H17FO2. The molecule has 1 aliphatic rings. The van der Waals surface area contributed by atoms with Crippen LogP contribution in [-0.4, -0.2) is 11.7 Å². The summed E-state index contributed by atoms with van der Waals surface area (Å²) in [5.74, 6) is 0.491. The lowest BCUT2D eigenvalue weighted by atomic mass is 9.88. The summed E-state index contributed by atoms with van der Waals surface area (Å²) < 4.78 is 18.8. The molecule has 2 aromatic carbocycles. The number of ether oxygens (including phenoxy) is 1. The van der Waals surface area contributed by atoms with Crippen molar-refractivity contribution in [2.45, 2.75) is 25.4 Å². The Kier molecular flexibility index (Phi) is 3.22. The van der Waals surface area contributed by atoms with Gasteiger partial charge >= 0.3 is 0 Å². The molecule has 0 bridgehead atoms. The van der Waals surface area contributed by atoms with Gasteiger partial charge in [0.15, 0.2) is 0 Å². The maximum absolute atomic E-state index is 13.3. The zero-order valence-electron chi connectivity index (χ0n) is 11.4. The molecule has 0 amide bonds. The molecule has 104 valence electrons. The number of benzene rings is 2. The summed E-state index contributed by atoms with van der Waals surface area (Å²) in [5.41, 5.74) is 1.44. The van der Waals surface area contributed by atoms with Crippen LogP contribution in [0.3, 0.4) is 0 Å². The fourth-order valence-corrected chi connectivity index (χ4v) is 2.93. The molecule has 0 heterocycles. The third-order valence-corrected chi connectivity index (χ3v) is 3.89. The molecule has 3 rings (SSSR count). The number of hydrogen-bond acceptors (Lipinski definition) is 2. The Morgan fingerprint density at radius 1 is 1.25 bits per heavy atom. The third-order valence-electron chi connectivity index (χ3n) is 3.89. The molecule has 0 saturated heterocycles. The second-order valence-electron chi connectivity index (χ2n) is 5.12. The Bertz CT molecular complexity index is 639. The standard InChI is InChI=1S/C17H17FO2/c1-2-20-15-5-3-4-13(11-15)17(19)9-8-12-10-14(18)6-7-16(12)17/h3-7,10-11,19H,2,8-9H2,1H3. The molecule has 0 spiro atoms. The normalized spacial score (nSPS) is 20.8. The van der Waals surface area contributed by atoms with Gasteiger partial charge in [-0.25, -0.2) is 4.39 Å². The number of aliphatic hydroxyl groups is 1. The average molecular weight is 272 g/mol. The molecule has 1 aliphatic carbocycles. The van der Waals surface area contributed by atoms with Gasteiger partial charge in [0.2, 0.25) is 0 Å². The van der Waals surface area contributed by atoms with E-state index in [1.807, 2.05) is 31.2 Å². The van der Waals surface area contributed by atoms with Crippen molar-refractivity contribution in [1.82, 2.24) is 0 Å². The van der Waals surface area contributed by atoms with Crippen LogP contribution in [0.5, 0.6) is 5.75 Å². The quantitative estimate of drug-likeness (QED) is 0.928. The number of hydrogen-bond donors (Lipinski definition) is 1. The molecule has 3 heteroatoms. The van der Waals surface area contributed by atoms with Gasteiger partial charge < -0.3 is 9.84 Å². The molecule has 1 atom stereocenters. The lowest BCUT2D eigenvalue weighted by Gasteiger charge is -2.25. The zero-order valence-corrected chi connectivity index (χ0v) is 11.4. The van der Waals surface area contributed by atoms with E-state index in [0.29, 0.717) is 19.4 Å². The number of fused-ring (bicyclic) bond motifs is 1. The van der Waals surface area contributed by atoms with E-state index in [1.165, 1.54) is 12.1 Å². The van der Waals surface area contributed by atoms with Gasteiger partial charge in [0, 0.05) is 0 Å². The summed E-state index contributed by atoms with van der Waals surface area (Å²) in [4.78, 5) is 0. The predicted octanol–water partition coefficient (Wildman–Crippen LogP) is 3.41. The first-order valence-electron chi connectivity index (χ1n) is 6.88. The highest BCUT2D eigenvalue weighted by atomic mass is 19.1. The van der Waals surface area contributed by atoms with Crippen molar-refractivity contribution in [3.05, 3.63) is 65.0 Å². The van der Waals surface area contributed by atoms with Crippen LogP contribution < -0.4 is 4.74 Å². The highest BCUT2D eigenvalue weighted by Crippen LogP contribution is 2.42. The van der Waals surface area contributed by atoms with Crippen molar-refractivity contribution in [3.8, 4) is 5.75 Å². The number of rotatable bonds is 3. The zero-order chi connectivity index (χ0) is 14.2. The summed E-state index contributed by atoms with van der Waals surface area (Å²) >= 11 is 0. The maximum atomic E-state index is 13.3. The fraction of sp³-hybridized carbons (Fsp3) is 0.294. The number of aryl methyl sites for hydroxylation is 1. The van der Waals surface area contributed by atoms with E-state index in [9.17, 15) is 9.50 Å². The van der Waals surface area contributed by atoms with E-state index in [1.54, 1.807) is 6.07 Å². The maximum Gasteiger partial charge on any atom is 0.123 e. The summed E-state index contributed by atoms with van der Waals surface area (Å²) in [6.45, 7) is 2.51. The monoisotopic (exact) mass is 272 g/mol. The highest BCUT2D eigenvalue weighted by Gasteiger charge is 2.38. The second kappa shape index (κ2) is 4.91. The van der Waals surface area contributed by atoms with Crippen LogP contribution in [0.4, 0.5) is 4.39 Å². The summed E-state index contributed by atoms with van der Waals surface area (Å²) in [7, 11) is 0. The van der Waals surface area contributed by atoms with Gasteiger partial charge in [0.1, 0.15) is 17.2 Å². The van der Waals surface area contributed by atoms with E-state index in [-0.39, 0.29) is 5.82 Å². The minimum absolute atomic E-state index is 0.254. The molecule has 2 aromatic rings. The lowest BCUT2D eigenvalue weighted by Crippen LogP contribution is -2.23. The molecule has 0 fully saturated rings. The molecule has 20 heavy (non-hydrogen) atoms. The highest BCUT2D eigenvalue weighted by molar-refractivity contribution is 5.47. The van der Waals surface area contributed by atoms with Crippen molar-refractivity contribution in [2.24, 2.45) is 0 Å². The first-order valence-corrected chi connectivity index (χ1v) is 6.88. The Hall–Kier alpha value is -1.87. The molecule has 2 nitrogen and oxygen atoms in total. The fourth-order valence-electron chi connectivity index (χ4n) is 2.93. The summed E-state index contributed by atoms with van der Waals surface area (Å²) in [6, 6.07) is 12.1. The van der Waals surface area contributed by atoms with Gasteiger partial charge in [0.25, 0.3) is 0 Å². The van der Waals surface area contributed by atoms with Crippen molar-refractivity contribution in [3.63, 3.8) is 0 Å². The van der Waals surface area contributed by atoms with Crippen molar-refractivity contribution < 1.29 is 14.2 Å². The van der Waals surface area contributed by atoms with Gasteiger partial charge in [-0.05, 0) is 60.7 Å². The van der Waals surface area contributed by atoms with Gasteiger partial charge in [-0.2, -0.15) is 0 Å². The van der Waals surface area contributed by atoms with Gasteiger partial charge in [0.05, 0.1) is 6.61 Å². The van der Waals surface area contributed by atoms with Crippen LogP contribution in [0.15, 0.2) is 42.5 Å². The molecule has 1 unspecified atom stereocenters. The first kappa shape index (κ1) is 13.1. The Morgan fingerprint density at radius 3 is 2.90 bits per heavy atom. The number of halogens is 1. The minimum Gasteiger partial charge on any atom is -0.494 e. The van der Waals surface area contributed by atoms with Crippen LogP contribution >= 0.6 is 0 Å². The van der Waals surface area contributed by atoms with E-state index >= 15 is 0 Å². The van der Waals surface area contributed by atoms with Crippen LogP contribution in [0.25, 0.3) is 0 Å². The Morgan fingerprint density at radius 2 is 2.10 bits per heavy atom. The SMILES string of the molecule is CCOc1cccc(C2(O)CCc3cc(F)ccc32)c1. The van der Waals surface area contributed by atoms with Crippen LogP contribution in [0.2, 0.25) is 0 Å². The largest absolute Gasteiger partial charge is 0.494 e. The van der Waals surface area contributed by atoms with Gasteiger partial charge in [-0.15, -0.1) is 0 Å². The molecule has 0 radical (unpaired) electrons. The molecule has 0 aliphatic heterocycles. The lowest BCUT2D eigenvalue weighted by molar-refractivity contribution is 0.0826. The van der Waals surface area contributed by atoms with E-state index in [4.69, 9.17) is 4.74 Å². The smallest absolute Gasteiger partial charge is 0.123 e. The van der Waals surface area contributed by atoms with Crippen LogP contribution in [0.1, 0.15) is 30.0 Å².